The van der Waals surface area contributed by atoms with Crippen LogP contribution in [0.3, 0.4) is 0 Å². The monoisotopic (exact) mass is 285 g/mol. The number of hydrogen-bond donors (Lipinski definition) is 2. The molecule has 1 aliphatic rings. The van der Waals surface area contributed by atoms with Crippen LogP contribution in [0.2, 0.25) is 0 Å². The van der Waals surface area contributed by atoms with E-state index in [1.807, 2.05) is 6.92 Å². The van der Waals surface area contributed by atoms with Gasteiger partial charge in [-0.3, -0.25) is 4.79 Å². The summed E-state index contributed by atoms with van der Waals surface area (Å²) in [5, 5.41) is 9.14. The van der Waals surface area contributed by atoms with Gasteiger partial charge in [0.15, 0.2) is 0 Å². The molecule has 118 valence electrons. The number of piperidine rings is 1. The van der Waals surface area contributed by atoms with Gasteiger partial charge in [-0.15, -0.1) is 0 Å². The first-order valence-electron chi connectivity index (χ1n) is 7.76. The second-order valence-corrected chi connectivity index (χ2v) is 6.47. The molecule has 0 aromatic rings. The molecule has 0 saturated carbocycles. The van der Waals surface area contributed by atoms with E-state index in [1.54, 1.807) is 0 Å². The van der Waals surface area contributed by atoms with Gasteiger partial charge in [0, 0.05) is 6.54 Å². The van der Waals surface area contributed by atoms with Gasteiger partial charge in [0.2, 0.25) is 0 Å². The van der Waals surface area contributed by atoms with E-state index in [0.717, 1.165) is 32.0 Å². The van der Waals surface area contributed by atoms with Crippen LogP contribution < -0.4 is 5.73 Å². The Bertz CT molecular complexity index is 301. The summed E-state index contributed by atoms with van der Waals surface area (Å²) in [4.78, 5) is 15.8. The SMILES string of the molecule is CCC(N)(CCCN1CCC(CN(C)C)CC1)C(=O)O. The summed E-state index contributed by atoms with van der Waals surface area (Å²) >= 11 is 0. The molecule has 1 aliphatic heterocycles. The molecule has 3 N–H and O–H groups in total. The Hall–Kier alpha value is -0.650. The van der Waals surface area contributed by atoms with E-state index in [0.29, 0.717) is 12.8 Å². The van der Waals surface area contributed by atoms with Gasteiger partial charge in [-0.2, -0.15) is 0 Å². The third kappa shape index (κ3) is 5.38. The first kappa shape index (κ1) is 17.4. The summed E-state index contributed by atoms with van der Waals surface area (Å²) < 4.78 is 0. The molecule has 1 saturated heterocycles. The number of likely N-dealkylation sites (tertiary alicyclic amines) is 1. The van der Waals surface area contributed by atoms with Gasteiger partial charge in [-0.05, 0) is 71.8 Å². The fourth-order valence-electron chi connectivity index (χ4n) is 2.96. The molecule has 0 aromatic carbocycles. The van der Waals surface area contributed by atoms with Gasteiger partial charge in [-0.1, -0.05) is 6.92 Å². The summed E-state index contributed by atoms with van der Waals surface area (Å²) in [6, 6.07) is 0. The maximum atomic E-state index is 11.1. The fourth-order valence-corrected chi connectivity index (χ4v) is 2.96. The molecule has 5 nitrogen and oxygen atoms in total. The van der Waals surface area contributed by atoms with Crippen molar-refractivity contribution in [3.8, 4) is 0 Å². The number of carboxylic acids is 1. The van der Waals surface area contributed by atoms with Crippen molar-refractivity contribution in [3.63, 3.8) is 0 Å². The van der Waals surface area contributed by atoms with E-state index < -0.39 is 11.5 Å². The van der Waals surface area contributed by atoms with Crippen LogP contribution in [0, 0.1) is 5.92 Å². The van der Waals surface area contributed by atoms with Gasteiger partial charge < -0.3 is 20.6 Å². The van der Waals surface area contributed by atoms with Crippen LogP contribution in [-0.2, 0) is 4.79 Å². The second-order valence-electron chi connectivity index (χ2n) is 6.47. The molecular formula is C15H31N3O2. The highest BCUT2D eigenvalue weighted by Crippen LogP contribution is 2.20. The summed E-state index contributed by atoms with van der Waals surface area (Å²) in [5.41, 5.74) is 4.87. The van der Waals surface area contributed by atoms with Crippen molar-refractivity contribution < 1.29 is 9.90 Å². The van der Waals surface area contributed by atoms with Crippen molar-refractivity contribution in [2.75, 3.05) is 40.3 Å². The zero-order chi connectivity index (χ0) is 15.2. The van der Waals surface area contributed by atoms with Gasteiger partial charge in [0.1, 0.15) is 5.54 Å². The molecule has 1 fully saturated rings. The standard InChI is InChI=1S/C15H31N3O2/c1-4-15(16,14(19)20)8-5-9-18-10-6-13(7-11-18)12-17(2)3/h13H,4-12,16H2,1-3H3,(H,19,20). The largest absolute Gasteiger partial charge is 0.480 e. The molecule has 5 heteroatoms. The van der Waals surface area contributed by atoms with Crippen LogP contribution in [0.15, 0.2) is 0 Å². The molecule has 0 aromatic heterocycles. The summed E-state index contributed by atoms with van der Waals surface area (Å²) in [7, 11) is 4.26. The van der Waals surface area contributed by atoms with Crippen molar-refractivity contribution in [1.82, 2.24) is 9.80 Å². The molecule has 0 radical (unpaired) electrons. The summed E-state index contributed by atoms with van der Waals surface area (Å²) in [5.74, 6) is -0.0609. The number of nitrogens with zero attached hydrogens (tertiary/aromatic N) is 2. The van der Waals surface area contributed by atoms with Crippen LogP contribution in [0.25, 0.3) is 0 Å². The Kier molecular flexibility index (Phi) is 6.92. The average molecular weight is 285 g/mol. The molecule has 0 spiro atoms. The molecular weight excluding hydrogens is 254 g/mol. The van der Waals surface area contributed by atoms with Crippen LogP contribution >= 0.6 is 0 Å². The number of nitrogens with two attached hydrogens (primary N) is 1. The Morgan fingerprint density at radius 3 is 2.45 bits per heavy atom. The maximum Gasteiger partial charge on any atom is 0.323 e. The Balaban J connectivity index is 2.23. The molecule has 20 heavy (non-hydrogen) atoms. The quantitative estimate of drug-likeness (QED) is 0.702. The van der Waals surface area contributed by atoms with E-state index >= 15 is 0 Å². The fraction of sp³-hybridized carbons (Fsp3) is 0.933. The highest BCUT2D eigenvalue weighted by Gasteiger charge is 2.31. The van der Waals surface area contributed by atoms with Crippen molar-refractivity contribution in [3.05, 3.63) is 0 Å². The highest BCUT2D eigenvalue weighted by atomic mass is 16.4. The average Bonchev–Trinajstić information content (AvgIpc) is 2.39. The predicted molar refractivity (Wildman–Crippen MR) is 81.8 cm³/mol. The molecule has 1 heterocycles. The molecule has 0 aliphatic carbocycles. The van der Waals surface area contributed by atoms with E-state index in [2.05, 4.69) is 23.9 Å². The third-order valence-electron chi connectivity index (χ3n) is 4.48. The van der Waals surface area contributed by atoms with Crippen molar-refractivity contribution in [2.45, 2.75) is 44.6 Å². The lowest BCUT2D eigenvalue weighted by molar-refractivity contribution is -0.143. The first-order chi connectivity index (χ1) is 9.37. The van der Waals surface area contributed by atoms with E-state index in [9.17, 15) is 4.79 Å². The van der Waals surface area contributed by atoms with Crippen LogP contribution in [0.1, 0.15) is 39.0 Å². The highest BCUT2D eigenvalue weighted by molar-refractivity contribution is 5.78. The van der Waals surface area contributed by atoms with E-state index in [4.69, 9.17) is 10.8 Å². The number of carbonyl (C=O) groups is 1. The lowest BCUT2D eigenvalue weighted by Crippen LogP contribution is -2.48. The molecule has 1 atom stereocenters. The normalized spacial score (nSPS) is 21.1. The van der Waals surface area contributed by atoms with Gasteiger partial charge >= 0.3 is 5.97 Å². The zero-order valence-electron chi connectivity index (χ0n) is 13.3. The third-order valence-corrected chi connectivity index (χ3v) is 4.48. The summed E-state index contributed by atoms with van der Waals surface area (Å²) in [6.07, 6.45) is 4.43. The number of aliphatic carboxylic acids is 1. The number of rotatable bonds is 8. The van der Waals surface area contributed by atoms with Crippen molar-refractivity contribution >= 4 is 5.97 Å². The lowest BCUT2D eigenvalue weighted by atomic mass is 9.91. The molecule has 0 amide bonds. The summed E-state index contributed by atoms with van der Waals surface area (Å²) in [6.45, 7) is 6.26. The number of hydrogen-bond acceptors (Lipinski definition) is 4. The van der Waals surface area contributed by atoms with Gasteiger partial charge in [0.05, 0.1) is 0 Å². The number of carboxylic acid groups (broad SMARTS) is 1. The smallest absolute Gasteiger partial charge is 0.323 e. The van der Waals surface area contributed by atoms with Crippen LogP contribution in [0.4, 0.5) is 0 Å². The Labute approximate surface area is 123 Å². The molecule has 1 rings (SSSR count). The minimum Gasteiger partial charge on any atom is -0.480 e. The topological polar surface area (TPSA) is 69.8 Å². The van der Waals surface area contributed by atoms with Crippen LogP contribution in [0.5, 0.6) is 0 Å². The van der Waals surface area contributed by atoms with E-state index in [-0.39, 0.29) is 0 Å². The first-order valence-corrected chi connectivity index (χ1v) is 7.76. The zero-order valence-corrected chi connectivity index (χ0v) is 13.3. The Morgan fingerprint density at radius 1 is 1.40 bits per heavy atom. The second kappa shape index (κ2) is 7.96. The minimum absolute atomic E-state index is 0.493. The van der Waals surface area contributed by atoms with Gasteiger partial charge in [0.25, 0.3) is 0 Å². The van der Waals surface area contributed by atoms with E-state index in [1.165, 1.54) is 19.4 Å². The molecule has 1 unspecified atom stereocenters. The predicted octanol–water partition coefficient (Wildman–Crippen LogP) is 1.23. The van der Waals surface area contributed by atoms with Crippen molar-refractivity contribution in [1.29, 1.82) is 0 Å². The maximum absolute atomic E-state index is 11.1. The minimum atomic E-state index is -1.04. The Morgan fingerprint density at radius 2 is 2.00 bits per heavy atom. The van der Waals surface area contributed by atoms with Crippen molar-refractivity contribution in [2.24, 2.45) is 11.7 Å². The lowest BCUT2D eigenvalue weighted by Gasteiger charge is -2.33. The molecule has 0 bridgehead atoms. The van der Waals surface area contributed by atoms with Crippen LogP contribution in [-0.4, -0.2) is 66.7 Å². The van der Waals surface area contributed by atoms with Gasteiger partial charge in [-0.25, -0.2) is 0 Å².